The lowest BCUT2D eigenvalue weighted by Crippen LogP contribution is -2.43. The van der Waals surface area contributed by atoms with Crippen molar-refractivity contribution in [1.82, 2.24) is 10.3 Å². The van der Waals surface area contributed by atoms with Gasteiger partial charge in [0.1, 0.15) is 0 Å². The highest BCUT2D eigenvalue weighted by Crippen LogP contribution is 2.43. The Kier molecular flexibility index (Phi) is 3.59. The molecule has 0 aromatic carbocycles. The highest BCUT2D eigenvalue weighted by Gasteiger charge is 2.39. The van der Waals surface area contributed by atoms with Gasteiger partial charge in [0.05, 0.1) is 12.1 Å². The number of carbonyl (C=O) groups is 2. The first-order valence-electron chi connectivity index (χ1n) is 6.36. The van der Waals surface area contributed by atoms with Gasteiger partial charge >= 0.3 is 5.97 Å². The SMILES string of the molecule is Cc1nc(C)c(C(=O)NCC2(CC(=O)O)CCC2)o1. The molecule has 1 heterocycles. The minimum Gasteiger partial charge on any atom is -0.481 e. The van der Waals surface area contributed by atoms with Crippen LogP contribution in [0.5, 0.6) is 0 Å². The summed E-state index contributed by atoms with van der Waals surface area (Å²) in [5.41, 5.74) is 0.265. The van der Waals surface area contributed by atoms with Crippen LogP contribution in [0.25, 0.3) is 0 Å². The molecule has 1 aromatic heterocycles. The maximum atomic E-state index is 12.0. The first-order chi connectivity index (χ1) is 8.92. The van der Waals surface area contributed by atoms with E-state index >= 15 is 0 Å². The topological polar surface area (TPSA) is 92.4 Å². The van der Waals surface area contributed by atoms with Crippen LogP contribution >= 0.6 is 0 Å². The van der Waals surface area contributed by atoms with E-state index in [0.29, 0.717) is 18.1 Å². The quantitative estimate of drug-likeness (QED) is 0.845. The lowest BCUT2D eigenvalue weighted by atomic mass is 9.66. The Hall–Kier alpha value is -1.85. The van der Waals surface area contributed by atoms with Crippen LogP contribution < -0.4 is 5.32 Å². The van der Waals surface area contributed by atoms with Gasteiger partial charge in [-0.25, -0.2) is 4.98 Å². The highest BCUT2D eigenvalue weighted by atomic mass is 16.4. The summed E-state index contributed by atoms with van der Waals surface area (Å²) in [5.74, 6) is -0.482. The predicted molar refractivity (Wildman–Crippen MR) is 66.8 cm³/mol. The molecule has 0 bridgehead atoms. The van der Waals surface area contributed by atoms with Crippen molar-refractivity contribution in [3.8, 4) is 0 Å². The zero-order chi connectivity index (χ0) is 14.0. The summed E-state index contributed by atoms with van der Waals surface area (Å²) in [6.45, 7) is 3.76. The number of hydrogen-bond donors (Lipinski definition) is 2. The number of nitrogens with one attached hydrogen (secondary N) is 1. The van der Waals surface area contributed by atoms with Crippen LogP contribution in [0, 0.1) is 19.3 Å². The lowest BCUT2D eigenvalue weighted by Gasteiger charge is -2.40. The van der Waals surface area contributed by atoms with Crippen molar-refractivity contribution in [3.63, 3.8) is 0 Å². The van der Waals surface area contributed by atoms with Gasteiger partial charge in [-0.15, -0.1) is 0 Å². The predicted octanol–water partition coefficient (Wildman–Crippen LogP) is 1.67. The van der Waals surface area contributed by atoms with Crippen LogP contribution in [0.3, 0.4) is 0 Å². The molecular weight excluding hydrogens is 248 g/mol. The van der Waals surface area contributed by atoms with E-state index in [1.807, 2.05) is 0 Å². The normalized spacial score (nSPS) is 16.7. The van der Waals surface area contributed by atoms with Gasteiger partial charge in [-0.05, 0) is 25.2 Å². The molecule has 0 radical (unpaired) electrons. The molecule has 1 amide bonds. The van der Waals surface area contributed by atoms with Crippen LogP contribution in [0.4, 0.5) is 0 Å². The fourth-order valence-corrected chi connectivity index (χ4v) is 2.50. The Balaban J connectivity index is 1.96. The largest absolute Gasteiger partial charge is 0.481 e. The number of oxazole rings is 1. The number of aryl methyl sites for hydroxylation is 2. The van der Waals surface area contributed by atoms with Crippen molar-refractivity contribution in [2.75, 3.05) is 6.54 Å². The molecule has 6 nitrogen and oxygen atoms in total. The second-order valence-electron chi connectivity index (χ2n) is 5.25. The van der Waals surface area contributed by atoms with E-state index in [9.17, 15) is 9.59 Å². The number of aliphatic carboxylic acids is 1. The van der Waals surface area contributed by atoms with Gasteiger partial charge in [-0.2, -0.15) is 0 Å². The molecule has 1 aliphatic rings. The summed E-state index contributed by atoms with van der Waals surface area (Å²) in [6.07, 6.45) is 2.80. The molecule has 0 spiro atoms. The average molecular weight is 266 g/mol. The van der Waals surface area contributed by atoms with Crippen molar-refractivity contribution < 1.29 is 19.1 Å². The molecule has 6 heteroatoms. The minimum absolute atomic E-state index is 0.0989. The third-order valence-corrected chi connectivity index (χ3v) is 3.67. The Labute approximate surface area is 111 Å². The molecule has 1 fully saturated rings. The van der Waals surface area contributed by atoms with E-state index in [0.717, 1.165) is 19.3 Å². The van der Waals surface area contributed by atoms with Gasteiger partial charge in [-0.3, -0.25) is 9.59 Å². The van der Waals surface area contributed by atoms with Crippen LogP contribution in [0.1, 0.15) is 47.8 Å². The van der Waals surface area contributed by atoms with E-state index < -0.39 is 5.97 Å². The molecular formula is C13H18N2O4. The summed E-state index contributed by atoms with van der Waals surface area (Å²) in [5, 5.41) is 11.7. The Morgan fingerprint density at radius 1 is 1.42 bits per heavy atom. The third-order valence-electron chi connectivity index (χ3n) is 3.67. The number of nitrogens with zero attached hydrogens (tertiary/aromatic N) is 1. The van der Waals surface area contributed by atoms with Crippen molar-refractivity contribution in [3.05, 3.63) is 17.3 Å². The molecule has 2 rings (SSSR count). The molecule has 1 saturated carbocycles. The fraction of sp³-hybridized carbons (Fsp3) is 0.615. The summed E-state index contributed by atoms with van der Waals surface area (Å²) < 4.78 is 5.23. The highest BCUT2D eigenvalue weighted by molar-refractivity contribution is 5.92. The molecule has 0 saturated heterocycles. The van der Waals surface area contributed by atoms with Crippen molar-refractivity contribution >= 4 is 11.9 Å². The number of carboxylic acids is 1. The molecule has 0 atom stereocenters. The first-order valence-corrected chi connectivity index (χ1v) is 6.36. The van der Waals surface area contributed by atoms with Gasteiger partial charge < -0.3 is 14.8 Å². The van der Waals surface area contributed by atoms with Crippen LogP contribution in [0.2, 0.25) is 0 Å². The van der Waals surface area contributed by atoms with Crippen LogP contribution in [-0.2, 0) is 4.79 Å². The number of carbonyl (C=O) groups excluding carboxylic acids is 1. The van der Waals surface area contributed by atoms with Gasteiger partial charge in [0.2, 0.25) is 5.76 Å². The number of aromatic nitrogens is 1. The van der Waals surface area contributed by atoms with E-state index in [2.05, 4.69) is 10.3 Å². The maximum Gasteiger partial charge on any atom is 0.303 e. The smallest absolute Gasteiger partial charge is 0.303 e. The maximum absolute atomic E-state index is 12.0. The lowest BCUT2D eigenvalue weighted by molar-refractivity contribution is -0.141. The Morgan fingerprint density at radius 2 is 2.11 bits per heavy atom. The third kappa shape index (κ3) is 2.94. The second-order valence-corrected chi connectivity index (χ2v) is 5.25. The monoisotopic (exact) mass is 266 g/mol. The number of carboxylic acid groups (broad SMARTS) is 1. The van der Waals surface area contributed by atoms with Gasteiger partial charge in [-0.1, -0.05) is 6.42 Å². The zero-order valence-corrected chi connectivity index (χ0v) is 11.2. The summed E-state index contributed by atoms with van der Waals surface area (Å²) in [7, 11) is 0. The molecule has 19 heavy (non-hydrogen) atoms. The minimum atomic E-state index is -0.819. The molecule has 1 aromatic rings. The molecule has 2 N–H and O–H groups in total. The molecule has 0 aliphatic heterocycles. The van der Waals surface area contributed by atoms with Crippen LogP contribution in [0.15, 0.2) is 4.42 Å². The second kappa shape index (κ2) is 5.03. The van der Waals surface area contributed by atoms with Crippen LogP contribution in [-0.4, -0.2) is 28.5 Å². The first kappa shape index (κ1) is 13.6. The number of rotatable bonds is 5. The summed E-state index contributed by atoms with van der Waals surface area (Å²) in [4.78, 5) is 26.8. The van der Waals surface area contributed by atoms with Gasteiger partial charge in [0.15, 0.2) is 5.89 Å². The summed E-state index contributed by atoms with van der Waals surface area (Å²) in [6, 6.07) is 0. The van der Waals surface area contributed by atoms with E-state index in [-0.39, 0.29) is 23.5 Å². The molecule has 104 valence electrons. The zero-order valence-electron chi connectivity index (χ0n) is 11.2. The Morgan fingerprint density at radius 3 is 2.53 bits per heavy atom. The standard InChI is InChI=1S/C13H18N2O4/c1-8-11(19-9(2)15-8)12(18)14-7-13(4-3-5-13)6-10(16)17/h3-7H2,1-2H3,(H,14,18)(H,16,17). The Bertz CT molecular complexity index is 503. The number of hydrogen-bond acceptors (Lipinski definition) is 4. The van der Waals surface area contributed by atoms with E-state index in [4.69, 9.17) is 9.52 Å². The van der Waals surface area contributed by atoms with E-state index in [1.165, 1.54) is 0 Å². The average Bonchev–Trinajstić information content (AvgIpc) is 2.60. The van der Waals surface area contributed by atoms with Crippen molar-refractivity contribution in [1.29, 1.82) is 0 Å². The van der Waals surface area contributed by atoms with Crippen molar-refractivity contribution in [2.45, 2.75) is 39.5 Å². The van der Waals surface area contributed by atoms with E-state index in [1.54, 1.807) is 13.8 Å². The molecule has 0 unspecified atom stereocenters. The summed E-state index contributed by atoms with van der Waals surface area (Å²) >= 11 is 0. The number of amides is 1. The van der Waals surface area contributed by atoms with Gasteiger partial charge in [0, 0.05) is 13.5 Å². The van der Waals surface area contributed by atoms with Crippen molar-refractivity contribution in [2.24, 2.45) is 5.41 Å². The fourth-order valence-electron chi connectivity index (χ4n) is 2.50. The molecule has 1 aliphatic carbocycles. The van der Waals surface area contributed by atoms with Gasteiger partial charge in [0.25, 0.3) is 5.91 Å².